The molecule has 2 heterocycles. The van der Waals surface area contributed by atoms with Gasteiger partial charge in [0.15, 0.2) is 0 Å². The molecule has 0 fully saturated rings. The standard InChI is InChI=1S/C14H20N6O/c1-4-5-11-6-10(7-12(15-2)18-11)14(21)20(3)8-13-16-9-17-19-13/h6-7,9H,4-5,8H2,1-3H3,(H,15,18)(H,16,17,19). The first-order valence-corrected chi connectivity index (χ1v) is 6.92. The second kappa shape index (κ2) is 6.83. The first-order valence-electron chi connectivity index (χ1n) is 6.92. The molecule has 7 heteroatoms. The summed E-state index contributed by atoms with van der Waals surface area (Å²) >= 11 is 0. The van der Waals surface area contributed by atoms with Crippen LogP contribution in [-0.2, 0) is 13.0 Å². The van der Waals surface area contributed by atoms with Crippen LogP contribution in [0.5, 0.6) is 0 Å². The zero-order valence-electron chi connectivity index (χ0n) is 12.6. The summed E-state index contributed by atoms with van der Waals surface area (Å²) in [6, 6.07) is 3.61. The van der Waals surface area contributed by atoms with Crippen LogP contribution in [0.4, 0.5) is 5.82 Å². The van der Waals surface area contributed by atoms with Crippen molar-refractivity contribution in [3.63, 3.8) is 0 Å². The van der Waals surface area contributed by atoms with Crippen molar-refractivity contribution in [2.24, 2.45) is 0 Å². The van der Waals surface area contributed by atoms with Gasteiger partial charge in [0.1, 0.15) is 18.0 Å². The molecule has 2 aromatic heterocycles. The van der Waals surface area contributed by atoms with Gasteiger partial charge in [-0.2, -0.15) is 5.10 Å². The average molecular weight is 288 g/mol. The molecule has 0 radical (unpaired) electrons. The molecule has 0 aromatic carbocycles. The molecule has 0 saturated carbocycles. The van der Waals surface area contributed by atoms with Crippen LogP contribution in [0.25, 0.3) is 0 Å². The summed E-state index contributed by atoms with van der Waals surface area (Å²) in [4.78, 5) is 22.6. The van der Waals surface area contributed by atoms with E-state index in [1.807, 2.05) is 6.07 Å². The molecule has 0 bridgehead atoms. The topological polar surface area (TPSA) is 86.8 Å². The third-order valence-electron chi connectivity index (χ3n) is 3.09. The van der Waals surface area contributed by atoms with Gasteiger partial charge in [-0.3, -0.25) is 9.89 Å². The van der Waals surface area contributed by atoms with Gasteiger partial charge in [-0.25, -0.2) is 9.97 Å². The van der Waals surface area contributed by atoms with E-state index >= 15 is 0 Å². The van der Waals surface area contributed by atoms with Crippen molar-refractivity contribution in [3.8, 4) is 0 Å². The highest BCUT2D eigenvalue weighted by Gasteiger charge is 2.15. The Morgan fingerprint density at radius 2 is 2.24 bits per heavy atom. The summed E-state index contributed by atoms with van der Waals surface area (Å²) < 4.78 is 0. The first-order chi connectivity index (χ1) is 10.1. The summed E-state index contributed by atoms with van der Waals surface area (Å²) in [5.74, 6) is 1.29. The molecule has 2 aromatic rings. The molecule has 0 unspecified atom stereocenters. The van der Waals surface area contributed by atoms with E-state index in [1.54, 1.807) is 25.1 Å². The molecule has 0 saturated heterocycles. The lowest BCUT2D eigenvalue weighted by atomic mass is 10.1. The number of aryl methyl sites for hydroxylation is 1. The number of hydrogen-bond donors (Lipinski definition) is 2. The number of nitrogens with one attached hydrogen (secondary N) is 2. The van der Waals surface area contributed by atoms with E-state index in [9.17, 15) is 4.79 Å². The number of amides is 1. The average Bonchev–Trinajstić information content (AvgIpc) is 2.99. The SMILES string of the molecule is CCCc1cc(C(=O)N(C)Cc2ncn[nH]2)cc(NC)n1. The maximum absolute atomic E-state index is 12.5. The number of nitrogens with zero attached hydrogens (tertiary/aromatic N) is 4. The van der Waals surface area contributed by atoms with Crippen LogP contribution in [0.2, 0.25) is 0 Å². The van der Waals surface area contributed by atoms with Crippen LogP contribution >= 0.6 is 0 Å². The Labute approximate surface area is 123 Å². The molecule has 0 aliphatic rings. The minimum atomic E-state index is -0.0670. The van der Waals surface area contributed by atoms with Crippen molar-refractivity contribution in [2.75, 3.05) is 19.4 Å². The van der Waals surface area contributed by atoms with Gasteiger partial charge in [-0.1, -0.05) is 13.3 Å². The Bertz CT molecular complexity index is 596. The van der Waals surface area contributed by atoms with Gasteiger partial charge >= 0.3 is 0 Å². The van der Waals surface area contributed by atoms with Crippen molar-refractivity contribution in [3.05, 3.63) is 35.5 Å². The lowest BCUT2D eigenvalue weighted by molar-refractivity contribution is 0.0781. The van der Waals surface area contributed by atoms with E-state index in [-0.39, 0.29) is 5.91 Å². The molecule has 2 rings (SSSR count). The second-order valence-electron chi connectivity index (χ2n) is 4.83. The van der Waals surface area contributed by atoms with Crippen LogP contribution in [0.15, 0.2) is 18.5 Å². The third kappa shape index (κ3) is 3.77. The number of rotatable bonds is 6. The highest BCUT2D eigenvalue weighted by molar-refractivity contribution is 5.94. The summed E-state index contributed by atoms with van der Waals surface area (Å²) in [5.41, 5.74) is 1.54. The molecule has 7 nitrogen and oxygen atoms in total. The Hall–Kier alpha value is -2.44. The van der Waals surface area contributed by atoms with Crippen molar-refractivity contribution in [1.82, 2.24) is 25.1 Å². The van der Waals surface area contributed by atoms with E-state index in [1.165, 1.54) is 6.33 Å². The minimum absolute atomic E-state index is 0.0670. The second-order valence-corrected chi connectivity index (χ2v) is 4.83. The fourth-order valence-corrected chi connectivity index (χ4v) is 2.05. The van der Waals surface area contributed by atoms with E-state index in [0.29, 0.717) is 23.8 Å². The fraction of sp³-hybridized carbons (Fsp3) is 0.429. The minimum Gasteiger partial charge on any atom is -0.373 e. The quantitative estimate of drug-likeness (QED) is 0.840. The van der Waals surface area contributed by atoms with E-state index < -0.39 is 0 Å². The molecule has 0 spiro atoms. The van der Waals surface area contributed by atoms with Crippen molar-refractivity contribution < 1.29 is 4.79 Å². The lowest BCUT2D eigenvalue weighted by Crippen LogP contribution is -2.27. The Morgan fingerprint density at radius 3 is 2.86 bits per heavy atom. The van der Waals surface area contributed by atoms with Gasteiger partial charge in [-0.15, -0.1) is 0 Å². The van der Waals surface area contributed by atoms with Crippen LogP contribution in [0.3, 0.4) is 0 Å². The van der Waals surface area contributed by atoms with Gasteiger partial charge in [0.05, 0.1) is 6.54 Å². The Kier molecular flexibility index (Phi) is 4.86. The predicted octanol–water partition coefficient (Wildman–Crippen LogP) is 1.47. The van der Waals surface area contributed by atoms with E-state index in [0.717, 1.165) is 18.5 Å². The molecule has 112 valence electrons. The smallest absolute Gasteiger partial charge is 0.254 e. The summed E-state index contributed by atoms with van der Waals surface area (Å²) in [5, 5.41) is 9.52. The lowest BCUT2D eigenvalue weighted by Gasteiger charge is -2.16. The molecule has 0 aliphatic carbocycles. The molecule has 2 N–H and O–H groups in total. The molecule has 1 amide bonds. The van der Waals surface area contributed by atoms with Crippen LogP contribution < -0.4 is 5.32 Å². The molecular formula is C14H20N6O. The summed E-state index contributed by atoms with van der Waals surface area (Å²) in [6.45, 7) is 2.48. The number of H-pyrrole nitrogens is 1. The maximum Gasteiger partial charge on any atom is 0.254 e. The number of anilines is 1. The molecule has 21 heavy (non-hydrogen) atoms. The highest BCUT2D eigenvalue weighted by Crippen LogP contribution is 2.14. The summed E-state index contributed by atoms with van der Waals surface area (Å²) in [6.07, 6.45) is 3.27. The number of hydrogen-bond acceptors (Lipinski definition) is 5. The van der Waals surface area contributed by atoms with Crippen molar-refractivity contribution >= 4 is 11.7 Å². The Morgan fingerprint density at radius 1 is 1.43 bits per heavy atom. The van der Waals surface area contributed by atoms with Gasteiger partial charge < -0.3 is 10.2 Å². The number of pyridine rings is 1. The number of aromatic nitrogens is 4. The number of aromatic amines is 1. The monoisotopic (exact) mass is 288 g/mol. The fourth-order valence-electron chi connectivity index (χ4n) is 2.05. The van der Waals surface area contributed by atoms with Gasteiger partial charge in [0.25, 0.3) is 5.91 Å². The van der Waals surface area contributed by atoms with Gasteiger partial charge in [-0.05, 0) is 18.6 Å². The van der Waals surface area contributed by atoms with Crippen LogP contribution in [0.1, 0.15) is 35.2 Å². The van der Waals surface area contributed by atoms with Crippen molar-refractivity contribution in [2.45, 2.75) is 26.3 Å². The first kappa shape index (κ1) is 15.0. The molecule has 0 aliphatic heterocycles. The number of carbonyl (C=O) groups is 1. The van der Waals surface area contributed by atoms with Crippen LogP contribution in [-0.4, -0.2) is 45.1 Å². The zero-order valence-corrected chi connectivity index (χ0v) is 12.6. The largest absolute Gasteiger partial charge is 0.373 e. The Balaban J connectivity index is 2.18. The molecule has 0 atom stereocenters. The predicted molar refractivity (Wildman–Crippen MR) is 80.0 cm³/mol. The third-order valence-corrected chi connectivity index (χ3v) is 3.09. The van der Waals surface area contributed by atoms with E-state index in [2.05, 4.69) is 32.4 Å². The van der Waals surface area contributed by atoms with Gasteiger partial charge in [0, 0.05) is 25.4 Å². The van der Waals surface area contributed by atoms with Crippen LogP contribution in [0, 0.1) is 0 Å². The highest BCUT2D eigenvalue weighted by atomic mass is 16.2. The summed E-state index contributed by atoms with van der Waals surface area (Å²) in [7, 11) is 3.54. The zero-order chi connectivity index (χ0) is 15.2. The van der Waals surface area contributed by atoms with Crippen molar-refractivity contribution in [1.29, 1.82) is 0 Å². The maximum atomic E-state index is 12.5. The van der Waals surface area contributed by atoms with E-state index in [4.69, 9.17) is 0 Å². The normalized spacial score (nSPS) is 10.4. The number of carbonyl (C=O) groups excluding carboxylic acids is 1. The van der Waals surface area contributed by atoms with Gasteiger partial charge in [0.2, 0.25) is 0 Å². The molecular weight excluding hydrogens is 268 g/mol.